The molecule has 0 bridgehead atoms. The summed E-state index contributed by atoms with van der Waals surface area (Å²) >= 11 is 5.88. The van der Waals surface area contributed by atoms with E-state index >= 15 is 0 Å². The van der Waals surface area contributed by atoms with Gasteiger partial charge in [0.05, 0.1) is 12.0 Å². The summed E-state index contributed by atoms with van der Waals surface area (Å²) in [5.41, 5.74) is -0.831. The Hall–Kier alpha value is -1.75. The first kappa shape index (κ1) is 17.6. The van der Waals surface area contributed by atoms with Crippen molar-refractivity contribution in [2.45, 2.75) is 32.1 Å². The molecule has 1 aromatic carbocycles. The molecular weight excluding hydrogens is 318 g/mol. The van der Waals surface area contributed by atoms with Gasteiger partial charge >= 0.3 is 5.97 Å². The lowest BCUT2D eigenvalue weighted by molar-refractivity contribution is -0.159. The van der Waals surface area contributed by atoms with E-state index in [4.69, 9.17) is 16.3 Å². The monoisotopic (exact) mass is 339 g/mol. The Morgan fingerprint density at radius 3 is 2.70 bits per heavy atom. The molecule has 0 spiro atoms. The Bertz CT molecular complexity index is 571. The first-order valence-electron chi connectivity index (χ1n) is 7.79. The van der Waals surface area contributed by atoms with E-state index in [0.717, 1.165) is 6.42 Å². The third-order valence-corrected chi connectivity index (χ3v) is 4.62. The van der Waals surface area contributed by atoms with Crippen molar-refractivity contribution in [3.63, 3.8) is 0 Å². The van der Waals surface area contributed by atoms with Gasteiger partial charge in [-0.15, -0.1) is 0 Å². The number of ether oxygens (including phenoxy) is 1. The molecule has 0 unspecified atom stereocenters. The van der Waals surface area contributed by atoms with Gasteiger partial charge in [0.1, 0.15) is 5.75 Å². The number of aliphatic carboxylic acids is 1. The fourth-order valence-corrected chi connectivity index (χ4v) is 2.85. The number of carboxylic acid groups (broad SMARTS) is 1. The molecule has 0 radical (unpaired) electrons. The van der Waals surface area contributed by atoms with E-state index in [-0.39, 0.29) is 12.3 Å². The van der Waals surface area contributed by atoms with Crippen LogP contribution in [-0.4, -0.2) is 42.1 Å². The quantitative estimate of drug-likeness (QED) is 0.738. The number of carboxylic acids is 1. The lowest BCUT2D eigenvalue weighted by Gasteiger charge is -2.38. The zero-order valence-corrected chi connectivity index (χ0v) is 14.0. The van der Waals surface area contributed by atoms with Crippen molar-refractivity contribution in [3.8, 4) is 5.75 Å². The molecule has 5 nitrogen and oxygen atoms in total. The van der Waals surface area contributed by atoms with E-state index in [1.54, 1.807) is 24.1 Å². The van der Waals surface area contributed by atoms with Gasteiger partial charge in [0.15, 0.2) is 0 Å². The zero-order valence-electron chi connectivity index (χ0n) is 13.3. The summed E-state index contributed by atoms with van der Waals surface area (Å²) in [5, 5.41) is 9.90. The molecule has 126 valence electrons. The zero-order chi connectivity index (χ0) is 16.9. The molecule has 1 amide bonds. The highest BCUT2D eigenvalue weighted by atomic mass is 35.5. The minimum absolute atomic E-state index is 0.0913. The topological polar surface area (TPSA) is 66.8 Å². The Morgan fingerprint density at radius 1 is 1.39 bits per heavy atom. The van der Waals surface area contributed by atoms with Crippen LogP contribution >= 0.6 is 11.6 Å². The van der Waals surface area contributed by atoms with E-state index in [2.05, 4.69) is 0 Å². The van der Waals surface area contributed by atoms with Gasteiger partial charge in [-0.1, -0.05) is 24.1 Å². The summed E-state index contributed by atoms with van der Waals surface area (Å²) in [5.74, 6) is -0.268. The highest BCUT2D eigenvalue weighted by Gasteiger charge is 2.46. The summed E-state index contributed by atoms with van der Waals surface area (Å²) in [6.45, 7) is 1.01. The Labute approximate surface area is 141 Å². The number of hydrogen-bond donors (Lipinski definition) is 1. The van der Waals surface area contributed by atoms with Crippen LogP contribution in [0.25, 0.3) is 0 Å². The standard InChI is InChI=1S/C17H22ClNO4/c1-19(15(20)12-17(16(21)22)7-3-8-17)9-4-10-23-14-6-2-5-13(18)11-14/h2,5-6,11H,3-4,7-10,12H2,1H3,(H,21,22). The third kappa shape index (κ3) is 4.61. The molecule has 6 heteroatoms. The summed E-state index contributed by atoms with van der Waals surface area (Å²) in [4.78, 5) is 25.1. The molecule has 1 aliphatic carbocycles. The van der Waals surface area contributed by atoms with Crippen LogP contribution in [0.5, 0.6) is 5.75 Å². The van der Waals surface area contributed by atoms with Crippen molar-refractivity contribution in [2.24, 2.45) is 5.41 Å². The molecule has 1 saturated carbocycles. The Morgan fingerprint density at radius 2 is 2.13 bits per heavy atom. The normalized spacial score (nSPS) is 15.6. The van der Waals surface area contributed by atoms with Crippen molar-refractivity contribution in [2.75, 3.05) is 20.2 Å². The second kappa shape index (κ2) is 7.68. The molecule has 1 aromatic rings. The fourth-order valence-electron chi connectivity index (χ4n) is 2.67. The number of halogens is 1. The number of benzene rings is 1. The number of carbonyl (C=O) groups is 2. The number of hydrogen-bond acceptors (Lipinski definition) is 3. The van der Waals surface area contributed by atoms with E-state index in [1.807, 2.05) is 12.1 Å². The lowest BCUT2D eigenvalue weighted by Crippen LogP contribution is -2.43. The average Bonchev–Trinajstić information content (AvgIpc) is 2.46. The smallest absolute Gasteiger partial charge is 0.310 e. The molecule has 1 aliphatic rings. The Kier molecular flexibility index (Phi) is 5.88. The minimum atomic E-state index is -0.852. The molecule has 1 N–H and O–H groups in total. The predicted molar refractivity (Wildman–Crippen MR) is 87.7 cm³/mol. The number of amides is 1. The van der Waals surface area contributed by atoms with E-state index in [0.29, 0.717) is 43.2 Å². The van der Waals surface area contributed by atoms with Crippen molar-refractivity contribution < 1.29 is 19.4 Å². The highest BCUT2D eigenvalue weighted by molar-refractivity contribution is 6.30. The van der Waals surface area contributed by atoms with Crippen molar-refractivity contribution in [1.29, 1.82) is 0 Å². The maximum absolute atomic E-state index is 12.2. The largest absolute Gasteiger partial charge is 0.493 e. The van der Waals surface area contributed by atoms with Crippen molar-refractivity contribution in [1.82, 2.24) is 4.90 Å². The van der Waals surface area contributed by atoms with Gasteiger partial charge in [-0.25, -0.2) is 0 Å². The molecule has 23 heavy (non-hydrogen) atoms. The SMILES string of the molecule is CN(CCCOc1cccc(Cl)c1)C(=O)CC1(C(=O)O)CCC1. The second-order valence-electron chi connectivity index (χ2n) is 6.09. The van der Waals surface area contributed by atoms with E-state index in [1.165, 1.54) is 0 Å². The van der Waals surface area contributed by atoms with Crippen LogP contribution in [0, 0.1) is 5.41 Å². The van der Waals surface area contributed by atoms with Crippen LogP contribution < -0.4 is 4.74 Å². The average molecular weight is 340 g/mol. The van der Waals surface area contributed by atoms with Gasteiger partial charge in [-0.05, 0) is 37.5 Å². The molecule has 1 fully saturated rings. The molecule has 0 saturated heterocycles. The molecule has 2 rings (SSSR count). The first-order chi connectivity index (χ1) is 10.9. The highest BCUT2D eigenvalue weighted by Crippen LogP contribution is 2.44. The maximum Gasteiger partial charge on any atom is 0.310 e. The summed E-state index contributed by atoms with van der Waals surface area (Å²) < 4.78 is 5.57. The van der Waals surface area contributed by atoms with Gasteiger partial charge in [0, 0.05) is 25.0 Å². The molecular formula is C17H22ClNO4. The van der Waals surface area contributed by atoms with E-state index in [9.17, 15) is 14.7 Å². The summed E-state index contributed by atoms with van der Waals surface area (Å²) in [6, 6.07) is 7.16. The van der Waals surface area contributed by atoms with Crippen LogP contribution in [0.15, 0.2) is 24.3 Å². The third-order valence-electron chi connectivity index (χ3n) is 4.38. The van der Waals surface area contributed by atoms with Gasteiger partial charge in [0.25, 0.3) is 0 Å². The summed E-state index contributed by atoms with van der Waals surface area (Å²) in [6.07, 6.45) is 2.85. The molecule has 0 heterocycles. The lowest BCUT2D eigenvalue weighted by atomic mass is 9.66. The van der Waals surface area contributed by atoms with Gasteiger partial charge in [-0.2, -0.15) is 0 Å². The van der Waals surface area contributed by atoms with Gasteiger partial charge < -0.3 is 14.7 Å². The van der Waals surface area contributed by atoms with Crippen LogP contribution in [0.3, 0.4) is 0 Å². The number of carbonyl (C=O) groups excluding carboxylic acids is 1. The van der Waals surface area contributed by atoms with Crippen molar-refractivity contribution in [3.05, 3.63) is 29.3 Å². The van der Waals surface area contributed by atoms with Crippen LogP contribution in [0.1, 0.15) is 32.1 Å². The minimum Gasteiger partial charge on any atom is -0.493 e. The summed E-state index contributed by atoms with van der Waals surface area (Å²) in [7, 11) is 1.70. The Balaban J connectivity index is 1.71. The molecule has 0 atom stereocenters. The van der Waals surface area contributed by atoms with Gasteiger partial charge in [0.2, 0.25) is 5.91 Å². The number of nitrogens with zero attached hydrogens (tertiary/aromatic N) is 1. The predicted octanol–water partition coefficient (Wildman–Crippen LogP) is 3.21. The van der Waals surface area contributed by atoms with Crippen molar-refractivity contribution >= 4 is 23.5 Å². The van der Waals surface area contributed by atoms with E-state index < -0.39 is 11.4 Å². The first-order valence-corrected chi connectivity index (χ1v) is 8.16. The van der Waals surface area contributed by atoms with Crippen LogP contribution in [-0.2, 0) is 9.59 Å². The van der Waals surface area contributed by atoms with Crippen LogP contribution in [0.2, 0.25) is 5.02 Å². The second-order valence-corrected chi connectivity index (χ2v) is 6.53. The molecule has 0 aliphatic heterocycles. The fraction of sp³-hybridized carbons (Fsp3) is 0.529. The van der Waals surface area contributed by atoms with Crippen LogP contribution in [0.4, 0.5) is 0 Å². The maximum atomic E-state index is 12.2. The van der Waals surface area contributed by atoms with Gasteiger partial charge in [-0.3, -0.25) is 9.59 Å². The molecule has 0 aromatic heterocycles. The number of rotatable bonds is 8.